The third-order valence-electron chi connectivity index (χ3n) is 3.89. The lowest BCUT2D eigenvalue weighted by atomic mass is 10.2. The van der Waals surface area contributed by atoms with Gasteiger partial charge in [0.25, 0.3) is 11.6 Å². The largest absolute Gasteiger partial charge is 0.478 e. The molecule has 0 aliphatic heterocycles. The Labute approximate surface area is 164 Å². The Morgan fingerprint density at radius 2 is 1.86 bits per heavy atom. The van der Waals surface area contributed by atoms with Crippen molar-refractivity contribution in [2.75, 3.05) is 5.32 Å². The summed E-state index contributed by atoms with van der Waals surface area (Å²) < 4.78 is 6.84. The van der Waals surface area contributed by atoms with E-state index in [-0.39, 0.29) is 28.4 Å². The summed E-state index contributed by atoms with van der Waals surface area (Å²) in [6.45, 7) is 1.91. The quantitative estimate of drug-likeness (QED) is 0.481. The Hall–Kier alpha value is -4.21. The molecule has 3 rings (SSSR count). The van der Waals surface area contributed by atoms with Gasteiger partial charge < -0.3 is 15.2 Å². The topological polar surface area (TPSA) is 137 Å². The highest BCUT2D eigenvalue weighted by atomic mass is 16.6. The number of nitro benzene ring substituents is 1. The zero-order valence-corrected chi connectivity index (χ0v) is 15.4. The molecule has 1 aromatic heterocycles. The molecule has 0 atom stereocenters. The maximum Gasteiger partial charge on any atom is 0.339 e. The van der Waals surface area contributed by atoms with Crippen molar-refractivity contribution in [2.24, 2.45) is 7.05 Å². The van der Waals surface area contributed by atoms with E-state index in [4.69, 9.17) is 4.74 Å². The summed E-state index contributed by atoms with van der Waals surface area (Å²) in [5.74, 6) is -1.53. The lowest BCUT2D eigenvalue weighted by Gasteiger charge is -2.09. The Morgan fingerprint density at radius 1 is 1.17 bits per heavy atom. The molecule has 10 heteroatoms. The number of nitrogens with zero attached hydrogens (tertiary/aromatic N) is 3. The Morgan fingerprint density at radius 3 is 2.48 bits per heavy atom. The van der Waals surface area contributed by atoms with Crippen molar-refractivity contribution >= 4 is 23.3 Å². The van der Waals surface area contributed by atoms with E-state index in [1.807, 2.05) is 19.1 Å². The van der Waals surface area contributed by atoms with Gasteiger partial charge in [0.1, 0.15) is 17.1 Å². The number of carbonyl (C=O) groups excluding carboxylic acids is 1. The predicted octanol–water partition coefficient (Wildman–Crippen LogP) is 3.38. The van der Waals surface area contributed by atoms with E-state index in [1.54, 1.807) is 12.1 Å². The summed E-state index contributed by atoms with van der Waals surface area (Å²) in [5.41, 5.74) is 0.186. The number of rotatable bonds is 6. The number of nitrogens with one attached hydrogen (secondary N) is 1. The van der Waals surface area contributed by atoms with Crippen LogP contribution in [0.5, 0.6) is 11.5 Å². The summed E-state index contributed by atoms with van der Waals surface area (Å²) in [4.78, 5) is 34.4. The minimum Gasteiger partial charge on any atom is -0.478 e. The number of nitro groups is 1. The maximum atomic E-state index is 12.5. The van der Waals surface area contributed by atoms with Crippen molar-refractivity contribution in [3.05, 3.63) is 75.6 Å². The average molecular weight is 396 g/mol. The predicted molar refractivity (Wildman–Crippen MR) is 102 cm³/mol. The van der Waals surface area contributed by atoms with E-state index < -0.39 is 16.8 Å². The number of hydrogen-bond donors (Lipinski definition) is 2. The highest BCUT2D eigenvalue weighted by Gasteiger charge is 2.22. The van der Waals surface area contributed by atoms with Crippen LogP contribution >= 0.6 is 0 Å². The molecule has 0 saturated heterocycles. The van der Waals surface area contributed by atoms with E-state index in [1.165, 1.54) is 30.1 Å². The van der Waals surface area contributed by atoms with Gasteiger partial charge in [-0.2, -0.15) is 5.10 Å². The number of aryl methyl sites for hydroxylation is 2. The van der Waals surface area contributed by atoms with Gasteiger partial charge in [0, 0.05) is 25.4 Å². The molecule has 29 heavy (non-hydrogen) atoms. The van der Waals surface area contributed by atoms with Crippen LogP contribution in [-0.2, 0) is 7.05 Å². The normalized spacial score (nSPS) is 10.4. The molecular weight excluding hydrogens is 380 g/mol. The second-order valence-electron chi connectivity index (χ2n) is 6.21. The molecule has 0 aliphatic rings. The van der Waals surface area contributed by atoms with Crippen molar-refractivity contribution in [1.82, 2.24) is 9.78 Å². The second kappa shape index (κ2) is 7.80. The number of ether oxygens (including phenoxy) is 1. The van der Waals surface area contributed by atoms with Gasteiger partial charge in [-0.15, -0.1) is 0 Å². The van der Waals surface area contributed by atoms with Gasteiger partial charge in [-0.1, -0.05) is 17.7 Å². The number of carbonyl (C=O) groups is 2. The lowest BCUT2D eigenvalue weighted by Crippen LogP contribution is -2.16. The van der Waals surface area contributed by atoms with E-state index in [9.17, 15) is 24.8 Å². The maximum absolute atomic E-state index is 12.5. The van der Waals surface area contributed by atoms with Crippen molar-refractivity contribution < 1.29 is 24.4 Å². The minimum atomic E-state index is -1.31. The van der Waals surface area contributed by atoms with Gasteiger partial charge in [-0.05, 0) is 19.1 Å². The number of benzene rings is 2. The molecule has 1 heterocycles. The van der Waals surface area contributed by atoms with E-state index in [0.29, 0.717) is 5.75 Å². The first-order chi connectivity index (χ1) is 13.7. The average Bonchev–Trinajstić information content (AvgIpc) is 3.06. The number of anilines is 1. The van der Waals surface area contributed by atoms with Crippen LogP contribution in [-0.4, -0.2) is 31.7 Å². The summed E-state index contributed by atoms with van der Waals surface area (Å²) in [7, 11) is 1.48. The highest BCUT2D eigenvalue weighted by Crippen LogP contribution is 2.30. The number of non-ortho nitro benzene ring substituents is 1. The number of carboxylic acids is 1. The van der Waals surface area contributed by atoms with Gasteiger partial charge in [0.15, 0.2) is 5.69 Å². The molecule has 0 radical (unpaired) electrons. The summed E-state index contributed by atoms with van der Waals surface area (Å²) in [6.07, 6.45) is 1.19. The van der Waals surface area contributed by atoms with Crippen molar-refractivity contribution in [3.8, 4) is 11.5 Å². The van der Waals surface area contributed by atoms with Gasteiger partial charge in [0.2, 0.25) is 0 Å². The number of hydrogen-bond acceptors (Lipinski definition) is 6. The molecule has 0 aliphatic carbocycles. The molecule has 1 amide bonds. The zero-order chi connectivity index (χ0) is 21.1. The summed E-state index contributed by atoms with van der Waals surface area (Å²) in [5, 5.41) is 26.7. The molecule has 3 aromatic rings. The van der Waals surface area contributed by atoms with E-state index >= 15 is 0 Å². The fourth-order valence-electron chi connectivity index (χ4n) is 2.57. The number of amides is 1. The van der Waals surface area contributed by atoms with Crippen LogP contribution in [0.25, 0.3) is 0 Å². The van der Waals surface area contributed by atoms with Gasteiger partial charge in [-0.25, -0.2) is 4.79 Å². The van der Waals surface area contributed by atoms with Crippen LogP contribution in [0, 0.1) is 17.0 Å². The molecule has 2 aromatic carbocycles. The Balaban J connectivity index is 1.91. The molecule has 10 nitrogen and oxygen atoms in total. The van der Waals surface area contributed by atoms with Crippen LogP contribution in [0.15, 0.2) is 48.7 Å². The molecule has 2 N–H and O–H groups in total. The zero-order valence-electron chi connectivity index (χ0n) is 15.4. The van der Waals surface area contributed by atoms with Crippen molar-refractivity contribution in [1.29, 1.82) is 0 Å². The van der Waals surface area contributed by atoms with Crippen LogP contribution < -0.4 is 10.1 Å². The first-order valence-corrected chi connectivity index (χ1v) is 8.35. The van der Waals surface area contributed by atoms with Crippen LogP contribution in [0.1, 0.15) is 26.4 Å². The van der Waals surface area contributed by atoms with E-state index in [0.717, 1.165) is 11.6 Å². The van der Waals surface area contributed by atoms with Crippen LogP contribution in [0.2, 0.25) is 0 Å². The van der Waals surface area contributed by atoms with Crippen molar-refractivity contribution in [3.63, 3.8) is 0 Å². The number of aromatic carboxylic acids is 1. The van der Waals surface area contributed by atoms with E-state index in [2.05, 4.69) is 10.4 Å². The lowest BCUT2D eigenvalue weighted by molar-refractivity contribution is -0.384. The fourth-order valence-corrected chi connectivity index (χ4v) is 2.57. The molecule has 0 unspecified atom stereocenters. The van der Waals surface area contributed by atoms with Gasteiger partial charge in [0.05, 0.1) is 16.7 Å². The van der Waals surface area contributed by atoms with Gasteiger partial charge in [-0.3, -0.25) is 19.6 Å². The minimum absolute atomic E-state index is 0.0632. The monoisotopic (exact) mass is 396 g/mol. The van der Waals surface area contributed by atoms with Crippen LogP contribution in [0.3, 0.4) is 0 Å². The second-order valence-corrected chi connectivity index (χ2v) is 6.21. The smallest absolute Gasteiger partial charge is 0.339 e. The molecule has 0 spiro atoms. The third-order valence-corrected chi connectivity index (χ3v) is 3.89. The highest BCUT2D eigenvalue weighted by molar-refractivity contribution is 6.09. The SMILES string of the molecule is Cc1ccc(Oc2cc(NC(=O)c3nn(C)cc3C(=O)O)cc([N+](=O)[O-])c2)cc1. The molecular formula is C19H16N4O6. The number of carboxylic acid groups (broad SMARTS) is 1. The molecule has 148 valence electrons. The number of aromatic nitrogens is 2. The Bertz CT molecular complexity index is 1100. The first kappa shape index (κ1) is 19.5. The Kier molecular flexibility index (Phi) is 5.26. The van der Waals surface area contributed by atoms with Gasteiger partial charge >= 0.3 is 5.97 Å². The summed E-state index contributed by atoms with van der Waals surface area (Å²) >= 11 is 0. The van der Waals surface area contributed by atoms with Crippen molar-refractivity contribution in [2.45, 2.75) is 6.92 Å². The molecule has 0 bridgehead atoms. The van der Waals surface area contributed by atoms with Crippen LogP contribution in [0.4, 0.5) is 11.4 Å². The summed E-state index contributed by atoms with van der Waals surface area (Å²) in [6, 6.07) is 10.8. The third kappa shape index (κ3) is 4.56. The first-order valence-electron chi connectivity index (χ1n) is 8.35. The standard InChI is InChI=1S/C19H16N4O6/c1-11-3-5-14(6-4-11)29-15-8-12(7-13(9-15)23(27)28)20-18(24)17-16(19(25)26)10-22(2)21-17/h3-10H,1-2H3,(H,20,24)(H,25,26). The molecule has 0 fully saturated rings. The molecule has 0 saturated carbocycles. The fraction of sp³-hybridized carbons (Fsp3) is 0.105.